The van der Waals surface area contributed by atoms with E-state index in [4.69, 9.17) is 4.74 Å². The predicted octanol–water partition coefficient (Wildman–Crippen LogP) is 8.37. The third-order valence-corrected chi connectivity index (χ3v) is 7.33. The predicted molar refractivity (Wildman–Crippen MR) is 144 cm³/mol. The fourth-order valence-electron chi connectivity index (χ4n) is 5.37. The molecule has 0 radical (unpaired) electrons. The summed E-state index contributed by atoms with van der Waals surface area (Å²) in [4.78, 5) is 5.02. The smallest absolute Gasteiger partial charge is 0.110 e. The molecule has 0 amide bonds. The summed E-state index contributed by atoms with van der Waals surface area (Å²) in [6.07, 6.45) is 4.70. The fraction of sp³-hybridized carbons (Fsp3) is 0.419. The average molecular weight is 562 g/mol. The zero-order chi connectivity index (χ0) is 23.9. The summed E-state index contributed by atoms with van der Waals surface area (Å²) in [6.45, 7) is 12.1. The van der Waals surface area contributed by atoms with Gasteiger partial charge in [0.25, 0.3) is 0 Å². The van der Waals surface area contributed by atoms with E-state index >= 15 is 0 Å². The number of anilines is 2. The van der Waals surface area contributed by atoms with Crippen LogP contribution in [-0.2, 0) is 20.4 Å². The molecule has 1 saturated heterocycles. The van der Waals surface area contributed by atoms with Gasteiger partial charge in [-0.1, -0.05) is 64.1 Å². The molecule has 1 aliphatic rings. The minimum absolute atomic E-state index is 0. The van der Waals surface area contributed by atoms with Crippen molar-refractivity contribution in [3.63, 3.8) is 0 Å². The van der Waals surface area contributed by atoms with Crippen LogP contribution in [0.4, 0.5) is 11.4 Å². The summed E-state index contributed by atoms with van der Waals surface area (Å²) in [5, 5.41) is 0. The summed E-state index contributed by atoms with van der Waals surface area (Å²) in [5.74, 6) is 2.91. The molecule has 0 saturated carbocycles. The first-order valence-corrected chi connectivity index (χ1v) is 13.1. The minimum Gasteiger partial charge on any atom is -0.515 e. The van der Waals surface area contributed by atoms with Crippen LogP contribution < -0.4 is 14.5 Å². The van der Waals surface area contributed by atoms with Crippen molar-refractivity contribution >= 4 is 11.4 Å². The van der Waals surface area contributed by atoms with Crippen molar-refractivity contribution in [2.75, 3.05) is 29.6 Å². The summed E-state index contributed by atoms with van der Waals surface area (Å²) < 4.78 is 6.26. The van der Waals surface area contributed by atoms with E-state index < -0.39 is 0 Å². The number of rotatable bonds is 10. The van der Waals surface area contributed by atoms with Crippen LogP contribution >= 0.6 is 0 Å². The van der Waals surface area contributed by atoms with Gasteiger partial charge in [0.2, 0.25) is 0 Å². The van der Waals surface area contributed by atoms with Gasteiger partial charge in [0.1, 0.15) is 5.75 Å². The number of ether oxygens (including phenoxy) is 1. The first-order valence-electron chi connectivity index (χ1n) is 13.1. The number of hydrogen-bond donors (Lipinski definition) is 0. The second-order valence-electron chi connectivity index (χ2n) is 9.28. The van der Waals surface area contributed by atoms with E-state index in [2.05, 4.69) is 67.8 Å². The van der Waals surface area contributed by atoms with Gasteiger partial charge >= 0.3 is 0 Å². The van der Waals surface area contributed by atoms with Crippen LogP contribution in [-0.4, -0.2) is 19.8 Å². The number of benzene rings is 3. The molecule has 0 atom stereocenters. The molecule has 4 rings (SSSR count). The zero-order valence-corrected chi connectivity index (χ0v) is 23.1. The minimum atomic E-state index is 0. The topological polar surface area (TPSA) is 15.7 Å². The zero-order valence-electron chi connectivity index (χ0n) is 21.6. The van der Waals surface area contributed by atoms with Gasteiger partial charge in [-0.2, -0.15) is 18.2 Å². The molecule has 0 spiro atoms. The Morgan fingerprint density at radius 1 is 0.743 bits per heavy atom. The molecule has 4 heteroatoms. The molecular formula is C31H39N2OPd-. The molecule has 3 nitrogen and oxygen atoms in total. The third-order valence-electron chi connectivity index (χ3n) is 7.33. The van der Waals surface area contributed by atoms with Crippen molar-refractivity contribution in [1.29, 1.82) is 0 Å². The summed E-state index contributed by atoms with van der Waals surface area (Å²) in [5.41, 5.74) is 5.56. The molecule has 35 heavy (non-hydrogen) atoms. The van der Waals surface area contributed by atoms with Crippen molar-refractivity contribution < 1.29 is 25.2 Å². The van der Waals surface area contributed by atoms with Crippen LogP contribution in [0.5, 0.6) is 11.5 Å². The molecule has 0 unspecified atom stereocenters. The molecule has 3 aromatic rings. The van der Waals surface area contributed by atoms with E-state index in [9.17, 15) is 0 Å². The largest absolute Gasteiger partial charge is 0.515 e. The normalized spacial score (nSPS) is 13.4. The molecule has 3 aromatic carbocycles. The second kappa shape index (κ2) is 13.1. The third kappa shape index (κ3) is 6.11. The van der Waals surface area contributed by atoms with Gasteiger partial charge in [-0.25, -0.2) is 0 Å². The molecular weight excluding hydrogens is 523 g/mol. The number of hydrogen-bond acceptors (Lipinski definition) is 3. The van der Waals surface area contributed by atoms with Gasteiger partial charge < -0.3 is 14.5 Å². The van der Waals surface area contributed by atoms with Crippen molar-refractivity contribution in [3.05, 3.63) is 83.9 Å². The van der Waals surface area contributed by atoms with Crippen molar-refractivity contribution in [1.82, 2.24) is 0 Å². The molecule has 0 aromatic heterocycles. The quantitative estimate of drug-likeness (QED) is 0.183. The molecule has 0 N–H and O–H groups in total. The van der Waals surface area contributed by atoms with Gasteiger partial charge in [0.05, 0.1) is 6.67 Å². The Bertz CT molecular complexity index is 1020. The van der Waals surface area contributed by atoms with Crippen LogP contribution in [0.25, 0.3) is 0 Å². The molecule has 1 heterocycles. The Labute approximate surface area is 226 Å². The van der Waals surface area contributed by atoms with Crippen molar-refractivity contribution in [2.24, 2.45) is 0 Å². The van der Waals surface area contributed by atoms with Crippen molar-refractivity contribution in [3.8, 4) is 11.5 Å². The maximum Gasteiger partial charge on any atom is 0.110 e. The van der Waals surface area contributed by atoms with Crippen LogP contribution in [0.2, 0.25) is 0 Å². The van der Waals surface area contributed by atoms with Gasteiger partial charge in [0, 0.05) is 44.9 Å². The molecule has 0 bridgehead atoms. The Morgan fingerprint density at radius 2 is 1.34 bits per heavy atom. The second-order valence-corrected chi connectivity index (χ2v) is 9.28. The maximum atomic E-state index is 6.26. The van der Waals surface area contributed by atoms with Crippen LogP contribution in [0.3, 0.4) is 0 Å². The first-order chi connectivity index (χ1) is 16.7. The SMILES string of the molecule is CCC(CC)c1cccc(C(CC)CC)c1N1CCN(c2[c-]cccc2Oc2ccccc2)C1.[Pd]. The van der Waals surface area contributed by atoms with Crippen LogP contribution in [0.1, 0.15) is 76.3 Å². The Kier molecular flexibility index (Phi) is 10.3. The molecule has 0 aliphatic carbocycles. The summed E-state index contributed by atoms with van der Waals surface area (Å²) in [7, 11) is 0. The van der Waals surface area contributed by atoms with E-state index in [-0.39, 0.29) is 20.4 Å². The Hall–Kier alpha value is -2.28. The first kappa shape index (κ1) is 27.3. The standard InChI is InChI=1S/C31H39N2O.Pd/c1-5-24(6-2)27-17-14-18-28(25(7-3)8-4)31(27)33-22-21-32(23-33)29-19-12-13-20-30(29)34-26-15-10-9-11-16-26;/h9-18,20,24-25H,5-8,21-23H2,1-4H3;/q-1;. The average Bonchev–Trinajstić information content (AvgIpc) is 3.36. The van der Waals surface area contributed by atoms with E-state index in [1.165, 1.54) is 42.5 Å². The van der Waals surface area contributed by atoms with E-state index in [0.717, 1.165) is 36.9 Å². The molecule has 190 valence electrons. The monoisotopic (exact) mass is 561 g/mol. The number of nitrogens with zero attached hydrogens (tertiary/aromatic N) is 2. The van der Waals surface area contributed by atoms with Gasteiger partial charge in [-0.05, 0) is 66.5 Å². The summed E-state index contributed by atoms with van der Waals surface area (Å²) in [6, 6.07) is 26.6. The van der Waals surface area contributed by atoms with Gasteiger partial charge in [-0.15, -0.1) is 6.07 Å². The Morgan fingerprint density at radius 3 is 1.94 bits per heavy atom. The fourth-order valence-corrected chi connectivity index (χ4v) is 5.37. The van der Waals surface area contributed by atoms with Crippen LogP contribution in [0, 0.1) is 6.07 Å². The van der Waals surface area contributed by atoms with Gasteiger partial charge in [0.15, 0.2) is 0 Å². The van der Waals surface area contributed by atoms with E-state index in [0.29, 0.717) is 11.8 Å². The molecule has 1 fully saturated rings. The maximum absolute atomic E-state index is 6.26. The van der Waals surface area contributed by atoms with E-state index in [1.54, 1.807) is 0 Å². The Balaban J connectivity index is 0.00000342. The summed E-state index contributed by atoms with van der Waals surface area (Å²) >= 11 is 0. The van der Waals surface area contributed by atoms with E-state index in [1.807, 2.05) is 42.5 Å². The van der Waals surface area contributed by atoms with Gasteiger partial charge in [-0.3, -0.25) is 0 Å². The van der Waals surface area contributed by atoms with Crippen LogP contribution in [0.15, 0.2) is 66.7 Å². The molecule has 1 aliphatic heterocycles. The van der Waals surface area contributed by atoms with Crippen molar-refractivity contribution in [2.45, 2.75) is 65.2 Å². The number of para-hydroxylation sites is 3.